The van der Waals surface area contributed by atoms with Crippen LogP contribution in [0.1, 0.15) is 39.5 Å². The molecule has 1 aliphatic carbocycles. The summed E-state index contributed by atoms with van der Waals surface area (Å²) in [6, 6.07) is 0.133. The molecule has 1 saturated carbocycles. The first kappa shape index (κ1) is 9.72. The van der Waals surface area contributed by atoms with Gasteiger partial charge in [-0.25, -0.2) is 0 Å². The summed E-state index contributed by atoms with van der Waals surface area (Å²) in [5, 5.41) is 0. The zero-order valence-corrected chi connectivity index (χ0v) is 8.05. The van der Waals surface area contributed by atoms with Gasteiger partial charge in [0.1, 0.15) is 5.78 Å². The molecule has 0 saturated heterocycles. The van der Waals surface area contributed by atoms with Crippen molar-refractivity contribution in [2.24, 2.45) is 17.6 Å². The van der Waals surface area contributed by atoms with Gasteiger partial charge in [-0.1, -0.05) is 26.7 Å². The number of carbonyl (C=O) groups is 1. The van der Waals surface area contributed by atoms with Gasteiger partial charge in [0.15, 0.2) is 0 Å². The van der Waals surface area contributed by atoms with Gasteiger partial charge in [0.25, 0.3) is 0 Å². The average Bonchev–Trinajstić information content (AvgIpc) is 2.04. The quantitative estimate of drug-likeness (QED) is 0.684. The molecule has 1 aliphatic rings. The van der Waals surface area contributed by atoms with E-state index in [1.807, 2.05) is 13.8 Å². The molecule has 0 radical (unpaired) electrons. The van der Waals surface area contributed by atoms with E-state index in [0.29, 0.717) is 5.78 Å². The summed E-state index contributed by atoms with van der Waals surface area (Å²) in [5.41, 5.74) is 5.90. The van der Waals surface area contributed by atoms with Crippen LogP contribution in [0.5, 0.6) is 0 Å². The Morgan fingerprint density at radius 2 is 1.92 bits per heavy atom. The number of ketones is 1. The summed E-state index contributed by atoms with van der Waals surface area (Å²) in [6.45, 7) is 3.92. The molecule has 0 aromatic rings. The van der Waals surface area contributed by atoms with Crippen molar-refractivity contribution in [3.8, 4) is 0 Å². The first-order valence-electron chi connectivity index (χ1n) is 4.92. The van der Waals surface area contributed by atoms with Gasteiger partial charge in [-0.05, 0) is 12.8 Å². The molecule has 0 spiro atoms. The minimum absolute atomic E-state index is 0.133. The van der Waals surface area contributed by atoms with Crippen molar-refractivity contribution < 1.29 is 4.79 Å². The van der Waals surface area contributed by atoms with Crippen LogP contribution < -0.4 is 5.73 Å². The summed E-state index contributed by atoms with van der Waals surface area (Å²) >= 11 is 0. The second-order valence-corrected chi connectivity index (χ2v) is 4.11. The highest BCUT2D eigenvalue weighted by molar-refractivity contribution is 5.83. The van der Waals surface area contributed by atoms with Gasteiger partial charge in [0, 0.05) is 17.9 Å². The van der Waals surface area contributed by atoms with E-state index >= 15 is 0 Å². The van der Waals surface area contributed by atoms with Crippen LogP contribution in [0.2, 0.25) is 0 Å². The molecule has 2 atom stereocenters. The lowest BCUT2D eigenvalue weighted by Crippen LogP contribution is -2.39. The highest BCUT2D eigenvalue weighted by Crippen LogP contribution is 2.25. The van der Waals surface area contributed by atoms with E-state index in [1.165, 1.54) is 12.8 Å². The molecule has 0 unspecified atom stereocenters. The highest BCUT2D eigenvalue weighted by atomic mass is 16.1. The number of hydrogen-bond donors (Lipinski definition) is 1. The second-order valence-electron chi connectivity index (χ2n) is 4.11. The molecular weight excluding hydrogens is 150 g/mol. The molecule has 12 heavy (non-hydrogen) atoms. The van der Waals surface area contributed by atoms with Crippen LogP contribution >= 0.6 is 0 Å². The lowest BCUT2D eigenvalue weighted by molar-refractivity contribution is -0.127. The molecule has 0 bridgehead atoms. The molecule has 0 aliphatic heterocycles. The summed E-state index contributed by atoms with van der Waals surface area (Å²) in [5.74, 6) is 0.667. The topological polar surface area (TPSA) is 43.1 Å². The van der Waals surface area contributed by atoms with Crippen molar-refractivity contribution in [1.29, 1.82) is 0 Å². The fourth-order valence-corrected chi connectivity index (χ4v) is 1.94. The Kier molecular flexibility index (Phi) is 3.27. The van der Waals surface area contributed by atoms with Crippen LogP contribution in [-0.4, -0.2) is 11.8 Å². The molecule has 70 valence electrons. The lowest BCUT2D eigenvalue weighted by atomic mass is 9.79. The van der Waals surface area contributed by atoms with Crippen LogP contribution in [0.4, 0.5) is 0 Å². The maximum Gasteiger partial charge on any atom is 0.140 e. The Labute approximate surface area is 74.5 Å². The third-order valence-corrected chi connectivity index (χ3v) is 2.75. The van der Waals surface area contributed by atoms with Crippen LogP contribution in [0, 0.1) is 11.8 Å². The normalized spacial score (nSPS) is 30.7. The highest BCUT2D eigenvalue weighted by Gasteiger charge is 2.29. The number of nitrogens with two attached hydrogens (primary N) is 1. The number of carbonyl (C=O) groups excluding carboxylic acids is 1. The average molecular weight is 169 g/mol. The first-order chi connectivity index (χ1) is 5.63. The molecule has 0 aromatic heterocycles. The molecule has 1 rings (SSSR count). The van der Waals surface area contributed by atoms with Crippen molar-refractivity contribution in [2.45, 2.75) is 45.6 Å². The zero-order chi connectivity index (χ0) is 9.14. The van der Waals surface area contributed by atoms with Gasteiger partial charge in [-0.3, -0.25) is 4.79 Å². The Morgan fingerprint density at radius 1 is 1.33 bits per heavy atom. The van der Waals surface area contributed by atoms with E-state index in [2.05, 4.69) is 0 Å². The molecule has 2 heteroatoms. The minimum Gasteiger partial charge on any atom is -0.327 e. The summed E-state index contributed by atoms with van der Waals surface area (Å²) < 4.78 is 0. The van der Waals surface area contributed by atoms with E-state index in [-0.39, 0.29) is 17.9 Å². The second kappa shape index (κ2) is 4.04. The third kappa shape index (κ3) is 2.07. The fraction of sp³-hybridized carbons (Fsp3) is 0.900. The van der Waals surface area contributed by atoms with Gasteiger partial charge in [-0.2, -0.15) is 0 Å². The maximum absolute atomic E-state index is 11.6. The molecule has 0 heterocycles. The standard InChI is InChI=1S/C10H19NO/c1-7(2)10(12)8-5-3-4-6-9(8)11/h7-9H,3-6,11H2,1-2H3/t8-,9+/m1/s1. The van der Waals surface area contributed by atoms with Crippen LogP contribution in [0.25, 0.3) is 0 Å². The molecule has 0 aromatic carbocycles. The van der Waals surface area contributed by atoms with Gasteiger partial charge in [0.05, 0.1) is 0 Å². The minimum atomic E-state index is 0.133. The van der Waals surface area contributed by atoms with Gasteiger partial charge in [-0.15, -0.1) is 0 Å². The van der Waals surface area contributed by atoms with Crippen LogP contribution in [0.3, 0.4) is 0 Å². The maximum atomic E-state index is 11.6. The Balaban J connectivity index is 2.53. The van der Waals surface area contributed by atoms with E-state index in [1.54, 1.807) is 0 Å². The van der Waals surface area contributed by atoms with Crippen LogP contribution in [-0.2, 0) is 4.79 Å². The SMILES string of the molecule is CC(C)C(=O)[C@@H]1CCCC[C@@H]1N. The van der Waals surface area contributed by atoms with Crippen molar-refractivity contribution in [3.05, 3.63) is 0 Å². The number of Topliss-reactive ketones (excluding diaryl/α,β-unsaturated/α-hetero) is 1. The summed E-state index contributed by atoms with van der Waals surface area (Å²) in [4.78, 5) is 11.6. The van der Waals surface area contributed by atoms with Crippen molar-refractivity contribution >= 4 is 5.78 Å². The van der Waals surface area contributed by atoms with Gasteiger partial charge >= 0.3 is 0 Å². The van der Waals surface area contributed by atoms with E-state index in [4.69, 9.17) is 5.73 Å². The monoisotopic (exact) mass is 169 g/mol. The van der Waals surface area contributed by atoms with Crippen LogP contribution in [0.15, 0.2) is 0 Å². The molecule has 2 nitrogen and oxygen atoms in total. The van der Waals surface area contributed by atoms with Crippen molar-refractivity contribution in [3.63, 3.8) is 0 Å². The van der Waals surface area contributed by atoms with E-state index in [0.717, 1.165) is 12.8 Å². The fourth-order valence-electron chi connectivity index (χ4n) is 1.94. The van der Waals surface area contributed by atoms with E-state index < -0.39 is 0 Å². The first-order valence-corrected chi connectivity index (χ1v) is 4.92. The van der Waals surface area contributed by atoms with E-state index in [9.17, 15) is 4.79 Å². The predicted octanol–water partition coefficient (Wildman–Crippen LogP) is 1.73. The third-order valence-electron chi connectivity index (χ3n) is 2.75. The predicted molar refractivity (Wildman–Crippen MR) is 49.8 cm³/mol. The number of hydrogen-bond acceptors (Lipinski definition) is 2. The summed E-state index contributed by atoms with van der Waals surface area (Å²) in [6.07, 6.45) is 4.42. The Bertz CT molecular complexity index is 165. The lowest BCUT2D eigenvalue weighted by Gasteiger charge is -2.28. The van der Waals surface area contributed by atoms with Crippen molar-refractivity contribution in [2.75, 3.05) is 0 Å². The number of rotatable bonds is 2. The summed E-state index contributed by atoms with van der Waals surface area (Å²) in [7, 11) is 0. The Morgan fingerprint density at radius 3 is 2.42 bits per heavy atom. The molecule has 2 N–H and O–H groups in total. The smallest absolute Gasteiger partial charge is 0.140 e. The van der Waals surface area contributed by atoms with Crippen molar-refractivity contribution in [1.82, 2.24) is 0 Å². The molecule has 1 fully saturated rings. The van der Waals surface area contributed by atoms with Gasteiger partial charge < -0.3 is 5.73 Å². The van der Waals surface area contributed by atoms with Gasteiger partial charge in [0.2, 0.25) is 0 Å². The Hall–Kier alpha value is -0.370. The largest absolute Gasteiger partial charge is 0.327 e. The molecule has 0 amide bonds. The molecular formula is C10H19NO. The zero-order valence-electron chi connectivity index (χ0n) is 8.05.